The van der Waals surface area contributed by atoms with Gasteiger partial charge in [-0.25, -0.2) is 9.97 Å². The molecule has 0 N–H and O–H groups in total. The molecule has 4 aliphatic rings. The van der Waals surface area contributed by atoms with Crippen LogP contribution < -0.4 is 4.74 Å². The monoisotopic (exact) mass is 666 g/mol. The molecule has 0 saturated carbocycles. The van der Waals surface area contributed by atoms with Gasteiger partial charge >= 0.3 is 0 Å². The van der Waals surface area contributed by atoms with Gasteiger partial charge in [-0.2, -0.15) is 0 Å². The second kappa shape index (κ2) is 10.8. The minimum absolute atomic E-state index is 0.346. The third-order valence-corrected chi connectivity index (χ3v) is 11.9. The molecule has 0 bridgehead atoms. The Morgan fingerprint density at radius 3 is 2.17 bits per heavy atom. The zero-order chi connectivity index (χ0) is 34.4. The van der Waals surface area contributed by atoms with E-state index >= 15 is 0 Å². The number of rotatable bonds is 3. The van der Waals surface area contributed by atoms with Crippen molar-refractivity contribution in [1.29, 1.82) is 0 Å². The van der Waals surface area contributed by atoms with Crippen LogP contribution >= 0.6 is 0 Å². The predicted molar refractivity (Wildman–Crippen MR) is 211 cm³/mol. The average molecular weight is 667 g/mol. The average Bonchev–Trinajstić information content (AvgIpc) is 3.50. The van der Waals surface area contributed by atoms with Crippen LogP contribution in [0.3, 0.4) is 0 Å². The van der Waals surface area contributed by atoms with Crippen molar-refractivity contribution in [2.75, 3.05) is 0 Å². The highest BCUT2D eigenvalue weighted by atomic mass is 16.5. The Hall–Kier alpha value is -6.32. The van der Waals surface area contributed by atoms with E-state index in [4.69, 9.17) is 14.7 Å². The van der Waals surface area contributed by atoms with Crippen LogP contribution in [0.15, 0.2) is 164 Å². The number of benzene rings is 6. The Kier molecular flexibility index (Phi) is 6.13. The molecule has 7 aromatic rings. The largest absolute Gasteiger partial charge is 0.461 e. The van der Waals surface area contributed by atoms with Crippen LogP contribution in [0.2, 0.25) is 0 Å². The Labute approximate surface area is 303 Å². The Morgan fingerprint density at radius 1 is 0.615 bits per heavy atom. The Bertz CT molecular complexity index is 2690. The van der Waals surface area contributed by atoms with Gasteiger partial charge in [0.15, 0.2) is 5.82 Å². The molecule has 3 nitrogen and oxygen atoms in total. The molecule has 52 heavy (non-hydrogen) atoms. The minimum atomic E-state index is -0.469. The summed E-state index contributed by atoms with van der Waals surface area (Å²) in [7, 11) is 0. The number of fused-ring (bicyclic) bond motifs is 9. The van der Waals surface area contributed by atoms with E-state index in [9.17, 15) is 0 Å². The van der Waals surface area contributed by atoms with Gasteiger partial charge in [0.1, 0.15) is 11.5 Å². The van der Waals surface area contributed by atoms with Gasteiger partial charge in [-0.15, -0.1) is 0 Å². The molecule has 2 heterocycles. The summed E-state index contributed by atoms with van der Waals surface area (Å²) in [5.74, 6) is 2.61. The van der Waals surface area contributed by atoms with Crippen LogP contribution in [-0.4, -0.2) is 9.97 Å². The van der Waals surface area contributed by atoms with Gasteiger partial charge in [-0.05, 0) is 99.5 Å². The standard InChI is InChI=1S/C49H34N2O/c1-48-26-10-9-23-45(48)52-44-25-24-33(29-41(44)49(48)39-21-7-5-19-37(39)38-20-6-8-22-40(38)49)42-30-43(51-47(50-42)32-13-3-2-4-14-32)36-27-34-17-11-15-31-16-12-18-35(28-36)46(31)34/h2-15,17-25,27-30H,16,26H2,1H3. The summed E-state index contributed by atoms with van der Waals surface area (Å²) < 4.78 is 6.88. The van der Waals surface area contributed by atoms with Crippen LogP contribution in [0.5, 0.6) is 5.75 Å². The van der Waals surface area contributed by atoms with Gasteiger partial charge in [-0.1, -0.05) is 128 Å². The van der Waals surface area contributed by atoms with E-state index in [2.05, 4.69) is 165 Å². The number of allylic oxidation sites excluding steroid dienone is 5. The highest BCUT2D eigenvalue weighted by Gasteiger charge is 2.61. The summed E-state index contributed by atoms with van der Waals surface area (Å²) in [5, 5.41) is 2.57. The maximum absolute atomic E-state index is 6.88. The van der Waals surface area contributed by atoms with Crippen LogP contribution in [0.4, 0.5) is 0 Å². The van der Waals surface area contributed by atoms with Crippen molar-refractivity contribution >= 4 is 16.8 Å². The Morgan fingerprint density at radius 2 is 1.37 bits per heavy atom. The smallest absolute Gasteiger partial charge is 0.160 e. The number of hydrogen-bond acceptors (Lipinski definition) is 3. The lowest BCUT2D eigenvalue weighted by atomic mass is 9.52. The van der Waals surface area contributed by atoms with Crippen molar-refractivity contribution in [3.63, 3.8) is 0 Å². The maximum Gasteiger partial charge on any atom is 0.160 e. The first-order valence-electron chi connectivity index (χ1n) is 18.2. The normalized spacial score (nSPS) is 18.3. The summed E-state index contributed by atoms with van der Waals surface area (Å²) in [6, 6.07) is 48.3. The molecule has 3 heteroatoms. The van der Waals surface area contributed by atoms with E-state index < -0.39 is 5.41 Å². The van der Waals surface area contributed by atoms with Gasteiger partial charge in [0.05, 0.1) is 16.8 Å². The molecular formula is C49H34N2O. The van der Waals surface area contributed by atoms with Crippen molar-refractivity contribution in [3.05, 3.63) is 191 Å². The second-order valence-electron chi connectivity index (χ2n) is 14.7. The highest BCUT2D eigenvalue weighted by Crippen LogP contribution is 2.68. The fourth-order valence-electron chi connectivity index (χ4n) is 9.60. The van der Waals surface area contributed by atoms with Crippen LogP contribution in [0, 0.1) is 5.41 Å². The number of nitrogens with zero attached hydrogens (tertiary/aromatic N) is 2. The van der Waals surface area contributed by atoms with Crippen molar-refractivity contribution in [3.8, 4) is 50.8 Å². The molecule has 0 saturated heterocycles. The molecule has 1 spiro atoms. The first kappa shape index (κ1) is 29.4. The molecule has 6 aromatic carbocycles. The quantitative estimate of drug-likeness (QED) is 0.188. The van der Waals surface area contributed by atoms with E-state index in [0.717, 1.165) is 52.4 Å². The van der Waals surface area contributed by atoms with E-state index in [1.807, 2.05) is 6.07 Å². The summed E-state index contributed by atoms with van der Waals surface area (Å²) in [4.78, 5) is 10.5. The minimum Gasteiger partial charge on any atom is -0.461 e. The highest BCUT2D eigenvalue weighted by molar-refractivity contribution is 5.98. The second-order valence-corrected chi connectivity index (χ2v) is 14.7. The van der Waals surface area contributed by atoms with Gasteiger partial charge < -0.3 is 4.74 Å². The lowest BCUT2D eigenvalue weighted by Gasteiger charge is -2.53. The van der Waals surface area contributed by atoms with Gasteiger partial charge in [0.25, 0.3) is 0 Å². The SMILES string of the molecule is CC12CC=CC=C1Oc1ccc(-c3cc(-c4cc5c6c(cccc6c4)CC=C5)nc(-c4ccccc4)n3)cc1C21c2ccccc2-c2ccccc21. The topological polar surface area (TPSA) is 35.0 Å². The lowest BCUT2D eigenvalue weighted by molar-refractivity contribution is 0.153. The molecule has 11 rings (SSSR count). The molecule has 246 valence electrons. The zero-order valence-corrected chi connectivity index (χ0v) is 28.8. The summed E-state index contributed by atoms with van der Waals surface area (Å²) in [6.45, 7) is 2.39. The number of aromatic nitrogens is 2. The lowest BCUT2D eigenvalue weighted by Crippen LogP contribution is -2.50. The molecule has 0 radical (unpaired) electrons. The van der Waals surface area contributed by atoms with Gasteiger partial charge in [0.2, 0.25) is 0 Å². The number of hydrogen-bond donors (Lipinski definition) is 0. The maximum atomic E-state index is 6.88. The van der Waals surface area contributed by atoms with E-state index in [1.165, 1.54) is 49.7 Å². The molecule has 0 fully saturated rings. The predicted octanol–water partition coefficient (Wildman–Crippen LogP) is 11.8. The van der Waals surface area contributed by atoms with Crippen molar-refractivity contribution in [2.45, 2.75) is 25.2 Å². The Balaban J connectivity index is 1.17. The fraction of sp³-hybridized carbons (Fsp3) is 0.102. The zero-order valence-electron chi connectivity index (χ0n) is 28.8. The van der Waals surface area contributed by atoms with E-state index in [0.29, 0.717) is 5.82 Å². The molecule has 1 atom stereocenters. The molecule has 0 amide bonds. The van der Waals surface area contributed by atoms with Gasteiger partial charge in [-0.3, -0.25) is 0 Å². The van der Waals surface area contributed by atoms with Crippen molar-refractivity contribution in [2.24, 2.45) is 5.41 Å². The first-order valence-corrected chi connectivity index (χ1v) is 18.2. The fourth-order valence-corrected chi connectivity index (χ4v) is 9.60. The molecule has 1 aromatic heterocycles. The molecule has 1 unspecified atom stereocenters. The molecule has 3 aliphatic carbocycles. The van der Waals surface area contributed by atoms with Crippen LogP contribution in [0.1, 0.15) is 41.2 Å². The summed E-state index contributed by atoms with van der Waals surface area (Å²) in [5.41, 5.74) is 13.1. The van der Waals surface area contributed by atoms with Gasteiger partial charge in [0, 0.05) is 27.7 Å². The molecule has 1 aliphatic heterocycles. The van der Waals surface area contributed by atoms with Crippen LogP contribution in [0.25, 0.3) is 61.9 Å². The van der Waals surface area contributed by atoms with Crippen molar-refractivity contribution < 1.29 is 4.74 Å². The van der Waals surface area contributed by atoms with E-state index in [1.54, 1.807) is 0 Å². The van der Waals surface area contributed by atoms with Crippen molar-refractivity contribution in [1.82, 2.24) is 9.97 Å². The third kappa shape index (κ3) is 3.96. The molecular weight excluding hydrogens is 633 g/mol. The summed E-state index contributed by atoms with van der Waals surface area (Å²) in [6.07, 6.45) is 12.9. The van der Waals surface area contributed by atoms with E-state index in [-0.39, 0.29) is 5.41 Å². The summed E-state index contributed by atoms with van der Waals surface area (Å²) >= 11 is 0. The third-order valence-electron chi connectivity index (χ3n) is 11.9. The first-order chi connectivity index (χ1) is 25.6. The van der Waals surface area contributed by atoms with Crippen LogP contribution in [-0.2, 0) is 11.8 Å². The number of ether oxygens (including phenoxy) is 1.